The van der Waals surface area contributed by atoms with Crippen molar-refractivity contribution in [1.82, 2.24) is 0 Å². The number of nitrogens with zero attached hydrogens (tertiary/aromatic N) is 1. The molecule has 0 N–H and O–H groups in total. The third-order valence-electron chi connectivity index (χ3n) is 6.96. The van der Waals surface area contributed by atoms with E-state index in [1.807, 2.05) is 12.1 Å². The lowest BCUT2D eigenvalue weighted by atomic mass is 9.77. The van der Waals surface area contributed by atoms with Gasteiger partial charge in [0, 0.05) is 6.08 Å². The van der Waals surface area contributed by atoms with E-state index in [1.165, 1.54) is 81.9 Å². The summed E-state index contributed by atoms with van der Waals surface area (Å²) >= 11 is 0. The van der Waals surface area contributed by atoms with Crippen molar-refractivity contribution in [2.24, 2.45) is 11.8 Å². The molecule has 2 aliphatic rings. The number of alkyl halides is 1. The van der Waals surface area contributed by atoms with Crippen LogP contribution in [0.3, 0.4) is 0 Å². The molecule has 0 aromatic heterocycles. The van der Waals surface area contributed by atoms with Crippen LogP contribution in [0, 0.1) is 23.2 Å². The van der Waals surface area contributed by atoms with E-state index in [9.17, 15) is 8.78 Å². The van der Waals surface area contributed by atoms with Crippen LogP contribution in [0.1, 0.15) is 88.2 Å². The highest BCUT2D eigenvalue weighted by molar-refractivity contribution is 5.42. The van der Waals surface area contributed by atoms with E-state index < -0.39 is 17.4 Å². The molecule has 0 radical (unpaired) electrons. The molecule has 3 rings (SSSR count). The molecule has 1 aromatic carbocycles. The molecule has 162 valence electrons. The van der Waals surface area contributed by atoms with Gasteiger partial charge in [-0.25, -0.2) is 8.78 Å². The summed E-state index contributed by atoms with van der Waals surface area (Å²) < 4.78 is 28.2. The Labute approximate surface area is 180 Å². The average Bonchev–Trinajstić information content (AvgIpc) is 2.77. The van der Waals surface area contributed by atoms with Crippen molar-refractivity contribution < 1.29 is 8.78 Å². The van der Waals surface area contributed by atoms with Crippen molar-refractivity contribution in [3.05, 3.63) is 59.4 Å². The SMILES string of the molecule is CCCCCC[C@H]1CC[C@H](CCc2ccc(C3C=CC(F)(C#N)C=C3F)cc2)CC1. The van der Waals surface area contributed by atoms with Crippen LogP contribution >= 0.6 is 0 Å². The fraction of sp³-hybridized carbons (Fsp3) is 0.593. The van der Waals surface area contributed by atoms with Crippen LogP contribution in [0.25, 0.3) is 0 Å². The average molecular weight is 412 g/mol. The molecule has 1 nitrogen and oxygen atoms in total. The summed E-state index contributed by atoms with van der Waals surface area (Å²) in [6.45, 7) is 2.27. The molecule has 1 aromatic rings. The number of unbranched alkanes of at least 4 members (excludes halogenated alkanes) is 3. The topological polar surface area (TPSA) is 23.8 Å². The summed E-state index contributed by atoms with van der Waals surface area (Å²) in [6, 6.07) is 9.49. The monoisotopic (exact) mass is 411 g/mol. The maximum Gasteiger partial charge on any atom is 0.235 e. The first-order valence-corrected chi connectivity index (χ1v) is 11.8. The first-order valence-electron chi connectivity index (χ1n) is 11.8. The van der Waals surface area contributed by atoms with Crippen LogP contribution < -0.4 is 0 Å². The number of nitriles is 1. The Morgan fingerprint density at radius 1 is 1.00 bits per heavy atom. The first kappa shape index (κ1) is 22.7. The van der Waals surface area contributed by atoms with Gasteiger partial charge in [0.25, 0.3) is 0 Å². The number of aryl methyl sites for hydroxylation is 1. The van der Waals surface area contributed by atoms with E-state index in [1.54, 1.807) is 0 Å². The minimum atomic E-state index is -2.32. The van der Waals surface area contributed by atoms with E-state index in [0.29, 0.717) is 0 Å². The summed E-state index contributed by atoms with van der Waals surface area (Å²) in [5.74, 6) is 0.597. The van der Waals surface area contributed by atoms with Gasteiger partial charge in [-0.2, -0.15) is 5.26 Å². The summed E-state index contributed by atoms with van der Waals surface area (Å²) in [6.07, 6.45) is 18.1. The molecular weight excluding hydrogens is 376 g/mol. The lowest BCUT2D eigenvalue weighted by molar-refractivity contribution is 0.249. The van der Waals surface area contributed by atoms with Crippen molar-refractivity contribution >= 4 is 0 Å². The van der Waals surface area contributed by atoms with Gasteiger partial charge in [-0.3, -0.25) is 0 Å². The lowest BCUT2D eigenvalue weighted by Crippen LogP contribution is -2.18. The summed E-state index contributed by atoms with van der Waals surface area (Å²) in [4.78, 5) is 0. The van der Waals surface area contributed by atoms with Crippen molar-refractivity contribution in [2.45, 2.75) is 89.1 Å². The number of allylic oxidation sites excluding steroid dienone is 4. The molecule has 2 atom stereocenters. The highest BCUT2D eigenvalue weighted by Gasteiger charge is 2.31. The number of benzene rings is 1. The lowest BCUT2D eigenvalue weighted by Gasteiger charge is -2.28. The van der Waals surface area contributed by atoms with Gasteiger partial charge in [-0.1, -0.05) is 95.1 Å². The largest absolute Gasteiger partial charge is 0.235 e. The van der Waals surface area contributed by atoms with Gasteiger partial charge in [-0.15, -0.1) is 0 Å². The van der Waals surface area contributed by atoms with Crippen LogP contribution in [0.4, 0.5) is 8.78 Å². The fourth-order valence-corrected chi connectivity index (χ4v) is 4.94. The molecule has 2 unspecified atom stereocenters. The first-order chi connectivity index (χ1) is 14.5. The fourth-order valence-electron chi connectivity index (χ4n) is 4.94. The highest BCUT2D eigenvalue weighted by atomic mass is 19.1. The van der Waals surface area contributed by atoms with Crippen molar-refractivity contribution in [2.75, 3.05) is 0 Å². The summed E-state index contributed by atoms with van der Waals surface area (Å²) in [5.41, 5.74) is -0.247. The van der Waals surface area contributed by atoms with Crippen LogP contribution in [-0.4, -0.2) is 5.67 Å². The second-order valence-electron chi connectivity index (χ2n) is 9.26. The Bertz CT molecular complexity index is 765. The van der Waals surface area contributed by atoms with E-state index in [2.05, 4.69) is 19.1 Å². The Hall–Kier alpha value is -1.95. The highest BCUT2D eigenvalue weighted by Crippen LogP contribution is 2.36. The Morgan fingerprint density at radius 2 is 1.67 bits per heavy atom. The number of halogens is 2. The molecule has 0 spiro atoms. The quantitative estimate of drug-likeness (QED) is 0.297. The Kier molecular flexibility index (Phi) is 8.25. The third kappa shape index (κ3) is 6.27. The zero-order valence-corrected chi connectivity index (χ0v) is 18.3. The minimum Gasteiger partial charge on any atom is -0.218 e. The molecular formula is C27H35F2N. The second-order valence-corrected chi connectivity index (χ2v) is 9.26. The van der Waals surface area contributed by atoms with Gasteiger partial charge < -0.3 is 0 Å². The molecule has 0 heterocycles. The van der Waals surface area contributed by atoms with Crippen LogP contribution in [0.15, 0.2) is 48.3 Å². The standard InChI is InChI=1S/C27H35F2N/c1-2-3-4-5-6-21-7-9-22(10-8-21)11-12-23-13-15-24(16-14-23)25-17-18-27(29,20-30)19-26(25)28/h13-19,21-22,25H,2-12H2,1H3/t21-,22-,25?,27?. The van der Waals surface area contributed by atoms with Gasteiger partial charge in [0.15, 0.2) is 0 Å². The molecule has 2 aliphatic carbocycles. The second kappa shape index (κ2) is 10.9. The maximum absolute atomic E-state index is 14.3. The van der Waals surface area contributed by atoms with Gasteiger partial charge in [0.1, 0.15) is 11.9 Å². The van der Waals surface area contributed by atoms with Crippen LogP contribution in [0.2, 0.25) is 0 Å². The zero-order chi connectivity index (χ0) is 21.4. The van der Waals surface area contributed by atoms with E-state index in [4.69, 9.17) is 5.26 Å². The number of rotatable bonds is 9. The molecule has 1 fully saturated rings. The Balaban J connectivity index is 1.42. The Morgan fingerprint density at radius 3 is 2.27 bits per heavy atom. The number of hydrogen-bond donors (Lipinski definition) is 0. The van der Waals surface area contributed by atoms with E-state index >= 15 is 0 Å². The molecule has 3 heteroatoms. The van der Waals surface area contributed by atoms with Gasteiger partial charge in [0.05, 0.1) is 5.92 Å². The zero-order valence-electron chi connectivity index (χ0n) is 18.3. The summed E-state index contributed by atoms with van der Waals surface area (Å²) in [7, 11) is 0. The predicted octanol–water partition coefficient (Wildman–Crippen LogP) is 8.13. The molecule has 1 saturated carbocycles. The molecule has 30 heavy (non-hydrogen) atoms. The molecule has 0 saturated heterocycles. The molecule has 0 aliphatic heterocycles. The minimum absolute atomic E-state index is 0.594. The normalized spacial score (nSPS) is 28.7. The van der Waals surface area contributed by atoms with Crippen molar-refractivity contribution in [3.8, 4) is 6.07 Å². The maximum atomic E-state index is 14.3. The van der Waals surface area contributed by atoms with Crippen molar-refractivity contribution in [1.29, 1.82) is 5.26 Å². The molecule has 0 bridgehead atoms. The van der Waals surface area contributed by atoms with Crippen LogP contribution in [-0.2, 0) is 6.42 Å². The third-order valence-corrected chi connectivity index (χ3v) is 6.96. The van der Waals surface area contributed by atoms with Gasteiger partial charge in [-0.05, 0) is 41.9 Å². The van der Waals surface area contributed by atoms with E-state index in [-0.39, 0.29) is 0 Å². The van der Waals surface area contributed by atoms with Gasteiger partial charge in [0.2, 0.25) is 5.67 Å². The van der Waals surface area contributed by atoms with E-state index in [0.717, 1.165) is 36.0 Å². The van der Waals surface area contributed by atoms with Crippen LogP contribution in [0.5, 0.6) is 0 Å². The predicted molar refractivity (Wildman–Crippen MR) is 119 cm³/mol. The van der Waals surface area contributed by atoms with Crippen molar-refractivity contribution in [3.63, 3.8) is 0 Å². The molecule has 0 amide bonds. The summed E-state index contributed by atoms with van der Waals surface area (Å²) in [5, 5.41) is 8.81. The van der Waals surface area contributed by atoms with Gasteiger partial charge >= 0.3 is 0 Å². The number of hydrogen-bond acceptors (Lipinski definition) is 1. The smallest absolute Gasteiger partial charge is 0.218 e.